The molecule has 3 aliphatic carbocycles. The molecular weight excluding hydrogens is 308 g/mol. The van der Waals surface area contributed by atoms with Crippen molar-refractivity contribution in [2.45, 2.75) is 22.5 Å². The van der Waals surface area contributed by atoms with Gasteiger partial charge in [-0.05, 0) is 24.1 Å². The number of hydrogen-bond acceptors (Lipinski definition) is 3. The fraction of sp³-hybridized carbons (Fsp3) is 0.211. The van der Waals surface area contributed by atoms with Crippen LogP contribution < -0.4 is 0 Å². The van der Waals surface area contributed by atoms with Crippen molar-refractivity contribution >= 4 is 15.6 Å². The summed E-state index contributed by atoms with van der Waals surface area (Å²) in [6.45, 7) is 0. The first kappa shape index (κ1) is 14.4. The van der Waals surface area contributed by atoms with Crippen LogP contribution in [0.1, 0.15) is 28.3 Å². The van der Waals surface area contributed by atoms with Crippen LogP contribution in [-0.2, 0) is 9.84 Å². The number of ketones is 1. The Kier molecular flexibility index (Phi) is 3.23. The minimum absolute atomic E-state index is 0.0325. The maximum atomic E-state index is 13.1. The van der Waals surface area contributed by atoms with Crippen molar-refractivity contribution in [3.63, 3.8) is 0 Å². The Balaban J connectivity index is 1.87. The van der Waals surface area contributed by atoms with Crippen LogP contribution in [0.25, 0.3) is 0 Å². The van der Waals surface area contributed by atoms with Gasteiger partial charge >= 0.3 is 0 Å². The molecule has 116 valence electrons. The van der Waals surface area contributed by atoms with Crippen molar-refractivity contribution in [2.75, 3.05) is 0 Å². The van der Waals surface area contributed by atoms with Crippen LogP contribution in [0.4, 0.5) is 0 Å². The van der Waals surface area contributed by atoms with E-state index in [2.05, 4.69) is 0 Å². The van der Waals surface area contributed by atoms with Crippen LogP contribution in [0.15, 0.2) is 71.6 Å². The second kappa shape index (κ2) is 5.17. The van der Waals surface area contributed by atoms with Gasteiger partial charge in [-0.2, -0.15) is 0 Å². The van der Waals surface area contributed by atoms with E-state index in [-0.39, 0.29) is 17.6 Å². The highest BCUT2D eigenvalue weighted by atomic mass is 32.2. The van der Waals surface area contributed by atoms with Crippen molar-refractivity contribution in [2.24, 2.45) is 5.92 Å². The Hall–Kier alpha value is -2.20. The van der Waals surface area contributed by atoms with E-state index in [9.17, 15) is 13.2 Å². The number of fused-ring (bicyclic) bond motifs is 1. The Morgan fingerprint density at radius 2 is 1.57 bits per heavy atom. The number of carbonyl (C=O) groups excluding carboxylic acids is 1. The largest absolute Gasteiger partial charge is 0.294 e. The number of benzene rings is 2. The van der Waals surface area contributed by atoms with Crippen molar-refractivity contribution in [3.8, 4) is 0 Å². The van der Waals surface area contributed by atoms with Gasteiger partial charge in [0, 0.05) is 17.4 Å². The average Bonchev–Trinajstić information content (AvgIpc) is 2.81. The quantitative estimate of drug-likeness (QED) is 0.796. The molecule has 3 atom stereocenters. The minimum Gasteiger partial charge on any atom is -0.294 e. The van der Waals surface area contributed by atoms with E-state index in [1.54, 1.807) is 30.3 Å². The third-order valence-corrected chi connectivity index (χ3v) is 7.04. The minimum atomic E-state index is -3.49. The second-order valence-electron chi connectivity index (χ2n) is 6.10. The lowest BCUT2D eigenvalue weighted by molar-refractivity contribution is 0.0942. The number of Topliss-reactive ketones (excluding diaryl/α,β-unsaturated/α-hetero) is 1. The van der Waals surface area contributed by atoms with Gasteiger partial charge in [-0.3, -0.25) is 4.79 Å². The molecule has 0 fully saturated rings. The highest BCUT2D eigenvalue weighted by Gasteiger charge is 2.44. The van der Waals surface area contributed by atoms with Crippen molar-refractivity contribution < 1.29 is 13.2 Å². The third-order valence-electron chi connectivity index (χ3n) is 4.83. The van der Waals surface area contributed by atoms with E-state index in [0.717, 1.165) is 5.56 Å². The van der Waals surface area contributed by atoms with Crippen molar-refractivity contribution in [3.05, 3.63) is 77.9 Å². The molecule has 5 rings (SSSR count). The lowest BCUT2D eigenvalue weighted by atomic mass is 9.88. The van der Waals surface area contributed by atoms with E-state index in [4.69, 9.17) is 0 Å². The number of allylic oxidation sites excluding steroid dienone is 2. The van der Waals surface area contributed by atoms with Crippen LogP contribution in [0, 0.1) is 5.92 Å². The van der Waals surface area contributed by atoms with Gasteiger partial charge in [0.05, 0.1) is 10.1 Å². The number of hydrogen-bond donors (Lipinski definition) is 0. The van der Waals surface area contributed by atoms with E-state index in [0.29, 0.717) is 16.9 Å². The van der Waals surface area contributed by atoms with Gasteiger partial charge < -0.3 is 0 Å². The highest BCUT2D eigenvalue weighted by molar-refractivity contribution is 7.92. The molecule has 3 aliphatic rings. The first-order valence-corrected chi connectivity index (χ1v) is 9.24. The van der Waals surface area contributed by atoms with Crippen LogP contribution in [0.5, 0.6) is 0 Å². The fourth-order valence-electron chi connectivity index (χ4n) is 3.67. The molecule has 2 aromatic rings. The summed E-state index contributed by atoms with van der Waals surface area (Å²) >= 11 is 0. The lowest BCUT2D eigenvalue weighted by Crippen LogP contribution is -2.31. The molecule has 0 aromatic heterocycles. The summed E-state index contributed by atoms with van der Waals surface area (Å²) < 4.78 is 26.2. The van der Waals surface area contributed by atoms with Gasteiger partial charge in [0.1, 0.15) is 0 Å². The molecule has 23 heavy (non-hydrogen) atoms. The summed E-state index contributed by atoms with van der Waals surface area (Å²) in [6.07, 6.45) is 4.14. The Labute approximate surface area is 135 Å². The standard InChI is InChI=1S/C19H16O3S/c20-19-13-10-11-16(15-8-4-5-9-17(15)19)18(12-13)23(21,22)14-6-2-1-3-7-14/h1-11,13,16,18H,12H2. The van der Waals surface area contributed by atoms with Crippen molar-refractivity contribution in [1.82, 2.24) is 0 Å². The molecule has 0 aliphatic heterocycles. The molecule has 4 heteroatoms. The van der Waals surface area contributed by atoms with Crippen LogP contribution >= 0.6 is 0 Å². The molecule has 0 saturated carbocycles. The second-order valence-corrected chi connectivity index (χ2v) is 8.27. The average molecular weight is 324 g/mol. The Morgan fingerprint density at radius 3 is 2.35 bits per heavy atom. The first-order chi connectivity index (χ1) is 11.1. The summed E-state index contributed by atoms with van der Waals surface area (Å²) in [5.74, 6) is -0.581. The summed E-state index contributed by atoms with van der Waals surface area (Å²) in [5, 5.41) is -0.590. The van der Waals surface area contributed by atoms with Crippen LogP contribution in [-0.4, -0.2) is 19.5 Å². The summed E-state index contributed by atoms with van der Waals surface area (Å²) in [4.78, 5) is 13.0. The predicted octanol–water partition coefficient (Wildman–Crippen LogP) is 3.39. The normalized spacial score (nSPS) is 25.9. The number of rotatable bonds is 2. The summed E-state index contributed by atoms with van der Waals surface area (Å²) in [5.41, 5.74) is 1.50. The highest BCUT2D eigenvalue weighted by Crippen LogP contribution is 2.43. The number of carbonyl (C=O) groups is 1. The lowest BCUT2D eigenvalue weighted by Gasteiger charge is -2.28. The first-order valence-electron chi connectivity index (χ1n) is 7.69. The Bertz CT molecular complexity index is 897. The fourth-order valence-corrected chi connectivity index (χ4v) is 5.64. The van der Waals surface area contributed by atoms with Crippen LogP contribution in [0.2, 0.25) is 0 Å². The Morgan fingerprint density at radius 1 is 0.870 bits per heavy atom. The molecule has 2 bridgehead atoms. The van der Waals surface area contributed by atoms with Gasteiger partial charge in [0.25, 0.3) is 0 Å². The van der Waals surface area contributed by atoms with E-state index in [1.807, 2.05) is 36.4 Å². The molecular formula is C19H16O3S. The van der Waals surface area contributed by atoms with E-state index < -0.39 is 15.1 Å². The molecule has 0 saturated heterocycles. The smallest absolute Gasteiger partial charge is 0.182 e. The molecule has 0 N–H and O–H groups in total. The van der Waals surface area contributed by atoms with Gasteiger partial charge in [-0.25, -0.2) is 8.42 Å². The van der Waals surface area contributed by atoms with E-state index >= 15 is 0 Å². The van der Waals surface area contributed by atoms with Gasteiger partial charge in [0.2, 0.25) is 0 Å². The summed E-state index contributed by atoms with van der Waals surface area (Å²) in [7, 11) is -3.49. The molecule has 0 radical (unpaired) electrons. The zero-order valence-electron chi connectivity index (χ0n) is 12.4. The molecule has 3 nitrogen and oxygen atoms in total. The maximum absolute atomic E-state index is 13.1. The van der Waals surface area contributed by atoms with Gasteiger partial charge in [-0.1, -0.05) is 54.6 Å². The van der Waals surface area contributed by atoms with Gasteiger partial charge in [-0.15, -0.1) is 0 Å². The predicted molar refractivity (Wildman–Crippen MR) is 88.2 cm³/mol. The zero-order valence-corrected chi connectivity index (χ0v) is 13.2. The zero-order chi connectivity index (χ0) is 16.0. The topological polar surface area (TPSA) is 51.2 Å². The third kappa shape index (κ3) is 2.17. The molecule has 0 spiro atoms. The molecule has 3 unspecified atom stereocenters. The van der Waals surface area contributed by atoms with Gasteiger partial charge in [0.15, 0.2) is 15.6 Å². The molecule has 2 aromatic carbocycles. The molecule has 0 amide bonds. The van der Waals surface area contributed by atoms with E-state index in [1.165, 1.54) is 0 Å². The summed E-state index contributed by atoms with van der Waals surface area (Å²) in [6, 6.07) is 15.9. The van der Waals surface area contributed by atoms with Crippen molar-refractivity contribution in [1.29, 1.82) is 0 Å². The SMILES string of the molecule is O=C1c2ccccc2C2C=CC1CC2S(=O)(=O)c1ccccc1. The maximum Gasteiger partial charge on any atom is 0.182 e. The monoisotopic (exact) mass is 324 g/mol. The number of sulfone groups is 1. The van der Waals surface area contributed by atoms with Crippen LogP contribution in [0.3, 0.4) is 0 Å². The molecule has 0 heterocycles.